The van der Waals surface area contributed by atoms with Gasteiger partial charge in [-0.25, -0.2) is 13.6 Å². The molecule has 0 heterocycles. The molecule has 0 saturated heterocycles. The second-order valence-corrected chi connectivity index (χ2v) is 5.78. The Kier molecular flexibility index (Phi) is 5.71. The summed E-state index contributed by atoms with van der Waals surface area (Å²) in [7, 11) is 1.38. The van der Waals surface area contributed by atoms with Crippen LogP contribution in [0.5, 0.6) is 5.75 Å². The molecule has 1 aromatic rings. The maximum Gasteiger partial charge on any atom is 0.412 e. The number of hydrogen-bond acceptors (Lipinski definition) is 4. The number of nitrogens with two attached hydrogens (primary N) is 1. The molecule has 0 radical (unpaired) electrons. The summed E-state index contributed by atoms with van der Waals surface area (Å²) >= 11 is 0. The van der Waals surface area contributed by atoms with Crippen LogP contribution in [0.25, 0.3) is 0 Å². The van der Waals surface area contributed by atoms with E-state index in [1.54, 1.807) is 20.8 Å². The molecular formula is C15H22F2N2O3. The van der Waals surface area contributed by atoms with E-state index >= 15 is 0 Å². The molecular weight excluding hydrogens is 294 g/mol. The van der Waals surface area contributed by atoms with Crippen LogP contribution in [0.3, 0.4) is 0 Å². The largest absolute Gasteiger partial charge is 0.497 e. The minimum atomic E-state index is -3.19. The van der Waals surface area contributed by atoms with Crippen LogP contribution < -0.4 is 15.8 Å². The Balaban J connectivity index is 3.11. The average Bonchev–Trinajstić information content (AvgIpc) is 2.36. The number of carbonyl (C=O) groups is 1. The molecule has 0 spiro atoms. The second-order valence-electron chi connectivity index (χ2n) is 5.78. The average molecular weight is 316 g/mol. The fraction of sp³-hybridized carbons (Fsp3) is 0.533. The first kappa shape index (κ1) is 18.2. The molecule has 0 unspecified atom stereocenters. The van der Waals surface area contributed by atoms with Gasteiger partial charge in [0.15, 0.2) is 0 Å². The number of methoxy groups -OCH3 is 1. The fourth-order valence-electron chi connectivity index (χ4n) is 1.79. The predicted molar refractivity (Wildman–Crippen MR) is 80.4 cm³/mol. The second kappa shape index (κ2) is 6.91. The van der Waals surface area contributed by atoms with Gasteiger partial charge >= 0.3 is 6.09 Å². The minimum absolute atomic E-state index is 0.0338. The van der Waals surface area contributed by atoms with Gasteiger partial charge in [0.25, 0.3) is 5.92 Å². The lowest BCUT2D eigenvalue weighted by Gasteiger charge is -2.23. The highest BCUT2D eigenvalue weighted by atomic mass is 19.3. The number of rotatable bonds is 5. The summed E-state index contributed by atoms with van der Waals surface area (Å²) in [5.41, 5.74) is 4.12. The molecule has 0 aromatic heterocycles. The molecule has 22 heavy (non-hydrogen) atoms. The van der Waals surface area contributed by atoms with Crippen LogP contribution in [0, 0.1) is 0 Å². The molecule has 1 amide bonds. The van der Waals surface area contributed by atoms with Gasteiger partial charge in [-0.05, 0) is 45.5 Å². The van der Waals surface area contributed by atoms with Gasteiger partial charge in [0.1, 0.15) is 11.4 Å². The number of hydrogen-bond donors (Lipinski definition) is 2. The Morgan fingerprint density at radius 1 is 1.32 bits per heavy atom. The van der Waals surface area contributed by atoms with Gasteiger partial charge in [0.05, 0.1) is 12.8 Å². The Morgan fingerprint density at radius 2 is 1.95 bits per heavy atom. The van der Waals surface area contributed by atoms with Crippen molar-refractivity contribution in [3.05, 3.63) is 23.8 Å². The van der Waals surface area contributed by atoms with Crippen molar-refractivity contribution in [3.8, 4) is 5.75 Å². The number of alkyl halides is 2. The van der Waals surface area contributed by atoms with Crippen LogP contribution in [0.4, 0.5) is 19.3 Å². The Hall–Kier alpha value is -1.89. The third kappa shape index (κ3) is 5.14. The van der Waals surface area contributed by atoms with Crippen LogP contribution in [-0.2, 0) is 10.7 Å². The number of halogens is 2. The molecule has 3 N–H and O–H groups in total. The predicted octanol–water partition coefficient (Wildman–Crippen LogP) is 3.48. The lowest BCUT2D eigenvalue weighted by Crippen LogP contribution is -2.28. The highest BCUT2D eigenvalue weighted by Gasteiger charge is 2.34. The number of ether oxygens (including phenoxy) is 2. The van der Waals surface area contributed by atoms with Crippen LogP contribution in [0.1, 0.15) is 32.8 Å². The quantitative estimate of drug-likeness (QED) is 0.872. The van der Waals surface area contributed by atoms with Crippen molar-refractivity contribution in [1.82, 2.24) is 0 Å². The zero-order valence-electron chi connectivity index (χ0n) is 13.2. The highest BCUT2D eigenvalue weighted by molar-refractivity contribution is 5.86. The summed E-state index contributed by atoms with van der Waals surface area (Å²) in [5.74, 6) is -2.92. The molecule has 0 atom stereocenters. The van der Waals surface area contributed by atoms with E-state index in [1.807, 2.05) is 0 Å². The van der Waals surface area contributed by atoms with Crippen molar-refractivity contribution in [1.29, 1.82) is 0 Å². The van der Waals surface area contributed by atoms with E-state index in [-0.39, 0.29) is 23.5 Å². The third-order valence-electron chi connectivity index (χ3n) is 2.71. The van der Waals surface area contributed by atoms with Crippen molar-refractivity contribution in [3.63, 3.8) is 0 Å². The van der Waals surface area contributed by atoms with E-state index in [0.29, 0.717) is 0 Å². The van der Waals surface area contributed by atoms with Gasteiger partial charge in [-0.2, -0.15) is 0 Å². The smallest absolute Gasteiger partial charge is 0.412 e. The van der Waals surface area contributed by atoms with E-state index in [4.69, 9.17) is 15.2 Å². The van der Waals surface area contributed by atoms with Crippen molar-refractivity contribution >= 4 is 11.8 Å². The van der Waals surface area contributed by atoms with E-state index < -0.39 is 24.0 Å². The Bertz CT molecular complexity index is 528. The van der Waals surface area contributed by atoms with Crippen LogP contribution in [0.2, 0.25) is 0 Å². The summed E-state index contributed by atoms with van der Waals surface area (Å²) < 4.78 is 38.4. The molecule has 0 aliphatic carbocycles. The summed E-state index contributed by atoms with van der Waals surface area (Å²) in [5, 5.41) is 2.35. The first-order valence-corrected chi connectivity index (χ1v) is 6.85. The number of anilines is 1. The van der Waals surface area contributed by atoms with Crippen molar-refractivity contribution in [2.24, 2.45) is 5.73 Å². The molecule has 1 rings (SSSR count). The summed E-state index contributed by atoms with van der Waals surface area (Å²) in [6, 6.07) is 4.01. The van der Waals surface area contributed by atoms with Crippen LogP contribution in [-0.4, -0.2) is 25.3 Å². The summed E-state index contributed by atoms with van der Waals surface area (Å²) in [4.78, 5) is 11.8. The molecule has 0 fully saturated rings. The Morgan fingerprint density at radius 3 is 2.45 bits per heavy atom. The van der Waals surface area contributed by atoms with Crippen LogP contribution in [0.15, 0.2) is 18.2 Å². The number of carbonyl (C=O) groups excluding carboxylic acids is 1. The first-order chi connectivity index (χ1) is 10.1. The number of benzene rings is 1. The van der Waals surface area contributed by atoms with Crippen LogP contribution >= 0.6 is 0 Å². The molecule has 0 aliphatic heterocycles. The molecule has 7 heteroatoms. The van der Waals surface area contributed by atoms with E-state index in [0.717, 1.165) is 0 Å². The van der Waals surface area contributed by atoms with E-state index in [1.165, 1.54) is 25.3 Å². The molecule has 124 valence electrons. The normalized spacial score (nSPS) is 12.0. The zero-order chi connectivity index (χ0) is 17.0. The highest BCUT2D eigenvalue weighted by Crippen LogP contribution is 2.38. The Labute approximate surface area is 128 Å². The van der Waals surface area contributed by atoms with Gasteiger partial charge < -0.3 is 15.2 Å². The first-order valence-electron chi connectivity index (χ1n) is 6.85. The monoisotopic (exact) mass is 316 g/mol. The summed E-state index contributed by atoms with van der Waals surface area (Å²) in [6.45, 7) is 4.87. The molecule has 5 nitrogen and oxygen atoms in total. The minimum Gasteiger partial charge on any atom is -0.497 e. The maximum atomic E-state index is 14.2. The fourth-order valence-corrected chi connectivity index (χ4v) is 1.79. The van der Waals surface area contributed by atoms with Crippen molar-refractivity contribution < 1.29 is 23.0 Å². The van der Waals surface area contributed by atoms with Gasteiger partial charge in [-0.15, -0.1) is 0 Å². The topological polar surface area (TPSA) is 73.6 Å². The standard InChI is InChI=1S/C15H22F2N2O3/c1-14(2,3)22-13(20)19-12-6-5-10(21-4)9-11(12)15(16,17)7-8-18/h5-6,9H,7-8,18H2,1-4H3,(H,19,20). The SMILES string of the molecule is COc1ccc(NC(=O)OC(C)(C)C)c(C(F)(F)CCN)c1. The van der Waals surface area contributed by atoms with Gasteiger partial charge in [0, 0.05) is 12.0 Å². The molecule has 0 aliphatic rings. The molecule has 0 saturated carbocycles. The zero-order valence-corrected chi connectivity index (χ0v) is 13.2. The van der Waals surface area contributed by atoms with Crippen molar-refractivity contribution in [2.45, 2.75) is 38.7 Å². The number of nitrogens with one attached hydrogen (secondary N) is 1. The van der Waals surface area contributed by atoms with Gasteiger partial charge in [-0.3, -0.25) is 5.32 Å². The summed E-state index contributed by atoms with van der Waals surface area (Å²) in [6.07, 6.45) is -1.34. The molecule has 0 bridgehead atoms. The van der Waals surface area contributed by atoms with Crippen molar-refractivity contribution in [2.75, 3.05) is 19.0 Å². The lowest BCUT2D eigenvalue weighted by atomic mass is 10.0. The van der Waals surface area contributed by atoms with Gasteiger partial charge in [-0.1, -0.05) is 0 Å². The van der Waals surface area contributed by atoms with E-state index in [2.05, 4.69) is 5.32 Å². The lowest BCUT2D eigenvalue weighted by molar-refractivity contribution is -0.0101. The van der Waals surface area contributed by atoms with E-state index in [9.17, 15) is 13.6 Å². The maximum absolute atomic E-state index is 14.2. The van der Waals surface area contributed by atoms with Gasteiger partial charge in [0.2, 0.25) is 0 Å². The number of amides is 1. The third-order valence-corrected chi connectivity index (χ3v) is 2.71. The molecule has 1 aromatic carbocycles.